The summed E-state index contributed by atoms with van der Waals surface area (Å²) in [7, 11) is 0. The molecule has 0 fully saturated rings. The van der Waals surface area contributed by atoms with E-state index in [0.29, 0.717) is 30.9 Å². The number of aromatic nitrogens is 4. The largest absolute Gasteiger partial charge is 0.349 e. The fourth-order valence-electron chi connectivity index (χ4n) is 4.85. The van der Waals surface area contributed by atoms with Crippen LogP contribution in [0.3, 0.4) is 0 Å². The first kappa shape index (κ1) is 22.7. The van der Waals surface area contributed by atoms with Crippen LogP contribution >= 0.6 is 0 Å². The van der Waals surface area contributed by atoms with E-state index in [1.807, 2.05) is 92.1 Å². The van der Waals surface area contributed by atoms with Crippen LogP contribution in [0, 0.1) is 12.8 Å². The number of benzene rings is 2. The van der Waals surface area contributed by atoms with Crippen molar-refractivity contribution in [3.8, 4) is 5.69 Å². The zero-order valence-electron chi connectivity index (χ0n) is 20.4. The van der Waals surface area contributed by atoms with Crippen LogP contribution in [-0.2, 0) is 17.9 Å². The summed E-state index contributed by atoms with van der Waals surface area (Å²) in [5.74, 6) is -0.651. The highest BCUT2D eigenvalue weighted by molar-refractivity contribution is 5.99. The van der Waals surface area contributed by atoms with Crippen molar-refractivity contribution in [1.29, 1.82) is 0 Å². The highest BCUT2D eigenvalue weighted by Gasteiger charge is 2.30. The summed E-state index contributed by atoms with van der Waals surface area (Å²) in [4.78, 5) is 33.4. The van der Waals surface area contributed by atoms with Gasteiger partial charge in [0.15, 0.2) is 0 Å². The quantitative estimate of drug-likeness (QED) is 0.404. The summed E-state index contributed by atoms with van der Waals surface area (Å²) in [6.07, 6.45) is 5.53. The van der Waals surface area contributed by atoms with Crippen LogP contribution in [0.4, 0.5) is 5.69 Å². The lowest BCUT2D eigenvalue weighted by Gasteiger charge is -2.24. The number of amides is 2. The molecule has 5 aromatic rings. The van der Waals surface area contributed by atoms with E-state index in [-0.39, 0.29) is 11.8 Å². The zero-order chi connectivity index (χ0) is 25.4. The summed E-state index contributed by atoms with van der Waals surface area (Å²) < 4.78 is 3.80. The molecule has 1 atom stereocenters. The van der Waals surface area contributed by atoms with Crippen LogP contribution in [0.15, 0.2) is 91.4 Å². The van der Waals surface area contributed by atoms with Crippen molar-refractivity contribution in [3.05, 3.63) is 108 Å². The number of hydrogen-bond acceptors (Lipinski definition) is 4. The van der Waals surface area contributed by atoms with E-state index in [1.165, 1.54) is 0 Å². The van der Waals surface area contributed by atoms with Gasteiger partial charge in [-0.3, -0.25) is 14.6 Å². The Balaban J connectivity index is 1.26. The van der Waals surface area contributed by atoms with E-state index in [0.717, 1.165) is 28.0 Å². The van der Waals surface area contributed by atoms with Crippen molar-refractivity contribution in [1.82, 2.24) is 24.2 Å². The van der Waals surface area contributed by atoms with Gasteiger partial charge in [0.2, 0.25) is 5.91 Å². The maximum absolute atomic E-state index is 13.7. The molecule has 6 rings (SSSR count). The van der Waals surface area contributed by atoms with Crippen LogP contribution in [0.25, 0.3) is 16.6 Å². The summed E-state index contributed by atoms with van der Waals surface area (Å²) >= 11 is 0. The van der Waals surface area contributed by atoms with E-state index in [2.05, 4.69) is 20.0 Å². The number of carbonyl (C=O) groups excluding carboxylic acids is 2. The topological polar surface area (TPSA) is 85.0 Å². The predicted molar refractivity (Wildman–Crippen MR) is 141 cm³/mol. The van der Waals surface area contributed by atoms with Gasteiger partial charge in [-0.2, -0.15) is 5.10 Å². The van der Waals surface area contributed by atoms with Crippen LogP contribution in [0.2, 0.25) is 0 Å². The van der Waals surface area contributed by atoms with Gasteiger partial charge in [0.1, 0.15) is 0 Å². The molecular formula is C29H26N6O2. The van der Waals surface area contributed by atoms with Crippen LogP contribution in [0.1, 0.15) is 21.7 Å². The summed E-state index contributed by atoms with van der Waals surface area (Å²) in [6.45, 7) is 3.20. The molecule has 8 nitrogen and oxygen atoms in total. The second-order valence-electron chi connectivity index (χ2n) is 9.38. The minimum atomic E-state index is -0.421. The molecule has 4 heterocycles. The molecule has 1 aliphatic rings. The molecule has 0 radical (unpaired) electrons. The number of pyridine rings is 1. The van der Waals surface area contributed by atoms with Crippen molar-refractivity contribution in [2.24, 2.45) is 5.92 Å². The molecule has 184 valence electrons. The molecule has 0 saturated carbocycles. The molecule has 1 unspecified atom stereocenters. The van der Waals surface area contributed by atoms with Crippen LogP contribution in [0.5, 0.6) is 0 Å². The van der Waals surface area contributed by atoms with Crippen LogP contribution in [-0.4, -0.2) is 42.6 Å². The van der Waals surface area contributed by atoms with Gasteiger partial charge < -0.3 is 14.8 Å². The number of hydrogen-bond donors (Lipinski definition) is 1. The van der Waals surface area contributed by atoms with Crippen molar-refractivity contribution in [3.63, 3.8) is 0 Å². The second-order valence-corrected chi connectivity index (χ2v) is 9.38. The van der Waals surface area contributed by atoms with Gasteiger partial charge in [0.25, 0.3) is 5.91 Å². The van der Waals surface area contributed by atoms with Gasteiger partial charge in [-0.1, -0.05) is 12.1 Å². The second kappa shape index (κ2) is 9.39. The highest BCUT2D eigenvalue weighted by Crippen LogP contribution is 2.23. The zero-order valence-corrected chi connectivity index (χ0v) is 20.4. The molecule has 1 aliphatic heterocycles. The van der Waals surface area contributed by atoms with Gasteiger partial charge in [-0.25, -0.2) is 4.68 Å². The molecule has 0 spiro atoms. The lowest BCUT2D eigenvalue weighted by molar-refractivity contribution is -0.120. The fraction of sp³-hybridized carbons (Fsp3) is 0.172. The Morgan fingerprint density at radius 1 is 0.946 bits per heavy atom. The number of anilines is 1. The first-order valence-corrected chi connectivity index (χ1v) is 12.3. The average Bonchev–Trinajstić information content (AvgIpc) is 3.57. The third-order valence-corrected chi connectivity index (χ3v) is 6.75. The van der Waals surface area contributed by atoms with E-state index in [1.54, 1.807) is 15.8 Å². The van der Waals surface area contributed by atoms with Crippen molar-refractivity contribution in [2.75, 3.05) is 11.9 Å². The molecule has 37 heavy (non-hydrogen) atoms. The molecule has 0 saturated heterocycles. The van der Waals surface area contributed by atoms with Gasteiger partial charge in [-0.05, 0) is 67.6 Å². The smallest absolute Gasteiger partial charge is 0.254 e. The van der Waals surface area contributed by atoms with Crippen molar-refractivity contribution >= 4 is 28.4 Å². The molecule has 8 heteroatoms. The third kappa shape index (κ3) is 4.61. The lowest BCUT2D eigenvalue weighted by atomic mass is 10.1. The van der Waals surface area contributed by atoms with Gasteiger partial charge in [0, 0.05) is 59.7 Å². The average molecular weight is 491 g/mol. The molecule has 1 N–H and O–H groups in total. The number of rotatable bonds is 4. The van der Waals surface area contributed by atoms with E-state index < -0.39 is 5.92 Å². The maximum atomic E-state index is 13.7. The first-order valence-electron chi connectivity index (χ1n) is 12.3. The Kier molecular flexibility index (Phi) is 5.76. The lowest BCUT2D eigenvalue weighted by Crippen LogP contribution is -2.38. The van der Waals surface area contributed by atoms with E-state index in [9.17, 15) is 9.59 Å². The Hall–Kier alpha value is -4.72. The SMILES string of the molecule is Cc1ccc2cc(C(=O)N3Cc4cccn4CC(C(=O)Nc4cccc(-n5cccn5)c4)C3)ccc2n1. The Morgan fingerprint density at radius 3 is 2.73 bits per heavy atom. The summed E-state index contributed by atoms with van der Waals surface area (Å²) in [5.41, 5.74) is 4.92. The molecule has 2 amide bonds. The molecule has 2 aromatic carbocycles. The number of fused-ring (bicyclic) bond motifs is 2. The Bertz CT molecular complexity index is 1600. The summed E-state index contributed by atoms with van der Waals surface area (Å²) in [6, 6.07) is 22.9. The van der Waals surface area contributed by atoms with Gasteiger partial charge in [0.05, 0.1) is 23.7 Å². The third-order valence-electron chi connectivity index (χ3n) is 6.75. The first-order chi connectivity index (χ1) is 18.0. The number of nitrogens with one attached hydrogen (secondary N) is 1. The molecule has 0 bridgehead atoms. The van der Waals surface area contributed by atoms with Gasteiger partial charge in [-0.15, -0.1) is 0 Å². The predicted octanol–water partition coefficient (Wildman–Crippen LogP) is 4.44. The number of carbonyl (C=O) groups is 2. The van der Waals surface area contributed by atoms with Gasteiger partial charge >= 0.3 is 0 Å². The standard InChI is InChI=1S/C29H26N6O2/c1-20-8-9-21-15-22(10-11-27(21)31-20)29(37)34-18-23(17-33-13-3-7-26(33)19-34)28(36)32-24-5-2-6-25(16-24)35-14-4-12-30-35/h2-16,23H,17-19H2,1H3,(H,32,36). The minimum Gasteiger partial charge on any atom is -0.349 e. The van der Waals surface area contributed by atoms with Crippen molar-refractivity contribution in [2.45, 2.75) is 20.0 Å². The summed E-state index contributed by atoms with van der Waals surface area (Å²) in [5, 5.41) is 8.23. The Labute approximate surface area is 214 Å². The number of nitrogens with zero attached hydrogens (tertiary/aromatic N) is 5. The maximum Gasteiger partial charge on any atom is 0.254 e. The normalized spacial score (nSPS) is 15.3. The molecular weight excluding hydrogens is 464 g/mol. The van der Waals surface area contributed by atoms with Crippen molar-refractivity contribution < 1.29 is 9.59 Å². The Morgan fingerprint density at radius 2 is 1.86 bits per heavy atom. The molecule has 0 aliphatic carbocycles. The number of aryl methyl sites for hydroxylation is 1. The minimum absolute atomic E-state index is 0.101. The van der Waals surface area contributed by atoms with Crippen LogP contribution < -0.4 is 5.32 Å². The van der Waals surface area contributed by atoms with E-state index in [4.69, 9.17) is 0 Å². The van der Waals surface area contributed by atoms with E-state index >= 15 is 0 Å². The molecule has 3 aromatic heterocycles. The monoisotopic (exact) mass is 490 g/mol. The highest BCUT2D eigenvalue weighted by atomic mass is 16.2. The fourth-order valence-corrected chi connectivity index (χ4v) is 4.85.